The molecule has 0 saturated carbocycles. The number of aromatic nitrogens is 3. The zero-order valence-electron chi connectivity index (χ0n) is 35.9. The smallest absolute Gasteiger partial charge is 0.164 e. The molecule has 10 rings (SSSR count). The molecule has 0 amide bonds. The standard InChI is InChI=1S/C51H33N3/c1-2-13-41-33-44(31-24-34(41)10-1)51-53-49(40-29-27-39(28-30-40)48-21-9-15-37-12-4-6-19-46(37)48)52-50(54-51)43-17-7-16-42(32-43)35-22-25-38(26-23-35)47-20-8-14-36-11-3-5-18-45(36)47/h1-33H/i3D,5D,8D,11D,14D,18D,20D. The first kappa shape index (κ1) is 24.9. The average molecular weight is 695 g/mol. The zero-order chi connectivity index (χ0) is 41.9. The molecule has 54 heavy (non-hydrogen) atoms. The normalized spacial score (nSPS) is 13.1. The van der Waals surface area contributed by atoms with Gasteiger partial charge in [-0.25, -0.2) is 15.0 Å². The second kappa shape index (κ2) is 13.4. The molecular weight excluding hydrogens is 655 g/mol. The number of benzene rings is 9. The van der Waals surface area contributed by atoms with E-state index >= 15 is 0 Å². The Bertz CT molecular complexity index is 3370. The van der Waals surface area contributed by atoms with Crippen LogP contribution in [-0.4, -0.2) is 15.0 Å². The Morgan fingerprint density at radius 2 is 0.852 bits per heavy atom. The van der Waals surface area contributed by atoms with Crippen molar-refractivity contribution < 1.29 is 9.60 Å². The Hall–Kier alpha value is -7.23. The van der Waals surface area contributed by atoms with E-state index in [4.69, 9.17) is 24.5 Å². The van der Waals surface area contributed by atoms with Gasteiger partial charge < -0.3 is 0 Å². The molecule has 10 aromatic rings. The summed E-state index contributed by atoms with van der Waals surface area (Å²) in [5.41, 5.74) is 7.14. The van der Waals surface area contributed by atoms with E-state index in [0.717, 1.165) is 49.7 Å². The van der Waals surface area contributed by atoms with Gasteiger partial charge in [-0.2, -0.15) is 0 Å². The Kier molecular flexibility index (Phi) is 6.17. The molecule has 0 aliphatic rings. The van der Waals surface area contributed by atoms with Crippen LogP contribution in [0.4, 0.5) is 0 Å². The lowest BCUT2D eigenvalue weighted by atomic mass is 9.96. The summed E-state index contributed by atoms with van der Waals surface area (Å²) < 4.78 is 59.4. The molecule has 0 spiro atoms. The number of nitrogens with zero attached hydrogens (tertiary/aromatic N) is 3. The SMILES string of the molecule is [2H]c1c([2H])c([2H])c2c(-c3ccc(-c4cccc(-c5nc(-c6ccc(-c7cccc8ccccc78)cc6)nc(-c6ccc7ccccc7c6)n5)c4)cc3)c([2H])c([2H])c([2H])c2c1[2H]. The van der Waals surface area contributed by atoms with Crippen LogP contribution in [0.25, 0.3) is 99.9 Å². The summed E-state index contributed by atoms with van der Waals surface area (Å²) in [4.78, 5) is 15.1. The van der Waals surface area contributed by atoms with Gasteiger partial charge in [0.05, 0.1) is 9.60 Å². The summed E-state index contributed by atoms with van der Waals surface area (Å²) in [6.45, 7) is 0. The molecular formula is C51H33N3. The Balaban J connectivity index is 1.06. The van der Waals surface area contributed by atoms with Crippen LogP contribution in [0, 0.1) is 0 Å². The zero-order valence-corrected chi connectivity index (χ0v) is 28.9. The number of rotatable bonds is 6. The number of hydrogen-bond acceptors (Lipinski definition) is 3. The van der Waals surface area contributed by atoms with Crippen LogP contribution in [0.5, 0.6) is 0 Å². The van der Waals surface area contributed by atoms with Crippen molar-refractivity contribution >= 4 is 32.3 Å². The van der Waals surface area contributed by atoms with Gasteiger partial charge in [-0.15, -0.1) is 0 Å². The Morgan fingerprint density at radius 3 is 1.67 bits per heavy atom. The van der Waals surface area contributed by atoms with Gasteiger partial charge in [-0.3, -0.25) is 0 Å². The van der Waals surface area contributed by atoms with Gasteiger partial charge in [-0.1, -0.05) is 188 Å². The minimum atomic E-state index is -0.478. The Labute approximate surface area is 323 Å². The van der Waals surface area contributed by atoms with Crippen molar-refractivity contribution in [1.82, 2.24) is 15.0 Å². The van der Waals surface area contributed by atoms with Crippen molar-refractivity contribution in [2.45, 2.75) is 0 Å². The first-order valence-electron chi connectivity index (χ1n) is 21.2. The fraction of sp³-hybridized carbons (Fsp3) is 0. The molecule has 1 heterocycles. The molecule has 3 heteroatoms. The lowest BCUT2D eigenvalue weighted by molar-refractivity contribution is 1.07. The Morgan fingerprint density at radius 1 is 0.296 bits per heavy atom. The van der Waals surface area contributed by atoms with Gasteiger partial charge in [-0.05, 0) is 77.8 Å². The predicted molar refractivity (Wildman–Crippen MR) is 225 cm³/mol. The topological polar surface area (TPSA) is 38.7 Å². The molecule has 0 radical (unpaired) electrons. The lowest BCUT2D eigenvalue weighted by Crippen LogP contribution is -2.00. The average Bonchev–Trinajstić information content (AvgIpc) is 3.31. The van der Waals surface area contributed by atoms with E-state index in [1.807, 2.05) is 60.7 Å². The van der Waals surface area contributed by atoms with E-state index in [1.54, 1.807) is 12.1 Å². The maximum absolute atomic E-state index is 8.79. The van der Waals surface area contributed by atoms with Crippen LogP contribution in [0.1, 0.15) is 9.60 Å². The molecule has 252 valence electrons. The molecule has 3 nitrogen and oxygen atoms in total. The molecule has 9 aromatic carbocycles. The second-order valence-electron chi connectivity index (χ2n) is 13.1. The van der Waals surface area contributed by atoms with Gasteiger partial charge in [0, 0.05) is 16.7 Å². The van der Waals surface area contributed by atoms with E-state index in [0.29, 0.717) is 23.0 Å². The molecule has 0 saturated heterocycles. The van der Waals surface area contributed by atoms with Crippen molar-refractivity contribution in [2.75, 3.05) is 0 Å². The maximum atomic E-state index is 8.79. The lowest BCUT2D eigenvalue weighted by Gasteiger charge is -2.12. The van der Waals surface area contributed by atoms with E-state index in [2.05, 4.69) is 84.9 Å². The summed E-state index contributed by atoms with van der Waals surface area (Å²) >= 11 is 0. The summed E-state index contributed by atoms with van der Waals surface area (Å²) in [5, 5.41) is 4.55. The highest BCUT2D eigenvalue weighted by Crippen LogP contribution is 2.34. The van der Waals surface area contributed by atoms with Crippen LogP contribution >= 0.6 is 0 Å². The number of fused-ring (bicyclic) bond motifs is 3. The van der Waals surface area contributed by atoms with Gasteiger partial charge in [0.2, 0.25) is 0 Å². The minimum Gasteiger partial charge on any atom is -0.208 e. The summed E-state index contributed by atoms with van der Waals surface area (Å²) in [5.74, 6) is 1.58. The van der Waals surface area contributed by atoms with Crippen LogP contribution in [0.3, 0.4) is 0 Å². The summed E-state index contributed by atoms with van der Waals surface area (Å²) in [6, 6.07) is 49.9. The molecule has 0 aliphatic carbocycles. The maximum Gasteiger partial charge on any atom is 0.164 e. The van der Waals surface area contributed by atoms with Crippen LogP contribution in [-0.2, 0) is 0 Å². The molecule has 0 fully saturated rings. The fourth-order valence-electron chi connectivity index (χ4n) is 7.06. The minimum absolute atomic E-state index is 0.0582. The van der Waals surface area contributed by atoms with E-state index in [9.17, 15) is 0 Å². The molecule has 1 aromatic heterocycles. The third kappa shape index (κ3) is 5.88. The van der Waals surface area contributed by atoms with Gasteiger partial charge in [0.25, 0.3) is 0 Å². The molecule has 0 aliphatic heterocycles. The third-order valence-corrected chi connectivity index (χ3v) is 9.83. The first-order valence-corrected chi connectivity index (χ1v) is 17.7. The quantitative estimate of drug-likeness (QED) is 0.174. The highest BCUT2D eigenvalue weighted by Gasteiger charge is 2.15. The second-order valence-corrected chi connectivity index (χ2v) is 13.1. The largest absolute Gasteiger partial charge is 0.208 e. The van der Waals surface area contributed by atoms with E-state index in [1.165, 1.54) is 10.8 Å². The predicted octanol–water partition coefficient (Wildman–Crippen LogP) is 13.3. The first-order chi connectivity index (χ1) is 29.6. The monoisotopic (exact) mass is 694 g/mol. The van der Waals surface area contributed by atoms with Crippen LogP contribution in [0.2, 0.25) is 0 Å². The van der Waals surface area contributed by atoms with Crippen LogP contribution in [0.15, 0.2) is 200 Å². The van der Waals surface area contributed by atoms with E-state index in [-0.39, 0.29) is 28.4 Å². The van der Waals surface area contributed by atoms with Gasteiger partial charge >= 0.3 is 0 Å². The highest BCUT2D eigenvalue weighted by molar-refractivity contribution is 5.98. The van der Waals surface area contributed by atoms with Crippen molar-refractivity contribution in [3.63, 3.8) is 0 Å². The summed E-state index contributed by atoms with van der Waals surface area (Å²) in [7, 11) is 0. The van der Waals surface area contributed by atoms with Crippen molar-refractivity contribution in [3.05, 3.63) is 200 Å². The van der Waals surface area contributed by atoms with Crippen LogP contribution < -0.4 is 0 Å². The van der Waals surface area contributed by atoms with Gasteiger partial charge in [0.15, 0.2) is 17.5 Å². The molecule has 0 N–H and O–H groups in total. The fourth-order valence-corrected chi connectivity index (χ4v) is 7.06. The van der Waals surface area contributed by atoms with Crippen molar-refractivity contribution in [3.8, 4) is 67.5 Å². The highest BCUT2D eigenvalue weighted by atomic mass is 15.0. The van der Waals surface area contributed by atoms with Crippen molar-refractivity contribution in [1.29, 1.82) is 0 Å². The number of hydrogen-bond donors (Lipinski definition) is 0. The van der Waals surface area contributed by atoms with E-state index < -0.39 is 30.2 Å². The van der Waals surface area contributed by atoms with Gasteiger partial charge in [0.1, 0.15) is 0 Å². The van der Waals surface area contributed by atoms with Crippen molar-refractivity contribution in [2.24, 2.45) is 0 Å². The molecule has 0 bridgehead atoms. The molecule has 0 atom stereocenters. The molecule has 0 unspecified atom stereocenters. The third-order valence-electron chi connectivity index (χ3n) is 9.83. The summed E-state index contributed by atoms with van der Waals surface area (Å²) in [6.07, 6.45) is 0.